The second-order valence-corrected chi connectivity index (χ2v) is 2.18. The highest BCUT2D eigenvalue weighted by atomic mass is 19.2. The predicted molar refractivity (Wildman–Crippen MR) is 38.6 cm³/mol. The first-order valence-corrected chi connectivity index (χ1v) is 3.18. The van der Waals surface area contributed by atoms with E-state index in [0.29, 0.717) is 12.1 Å². The summed E-state index contributed by atoms with van der Waals surface area (Å²) in [5.41, 5.74) is 0.680. The molecule has 0 unspecified atom stereocenters. The summed E-state index contributed by atoms with van der Waals surface area (Å²) >= 11 is 0. The maximum Gasteiger partial charge on any atom is 0.159 e. The van der Waals surface area contributed by atoms with E-state index in [4.69, 9.17) is 0 Å². The van der Waals surface area contributed by atoms with Crippen molar-refractivity contribution in [1.29, 1.82) is 0 Å². The summed E-state index contributed by atoms with van der Waals surface area (Å²) in [5, 5.41) is 2.59. The molecule has 1 radical (unpaired) electrons. The highest BCUT2D eigenvalue weighted by molar-refractivity contribution is 5.17. The van der Waals surface area contributed by atoms with Crippen molar-refractivity contribution >= 4 is 0 Å². The molecule has 1 aromatic carbocycles. The molecule has 0 saturated carbocycles. The second-order valence-electron chi connectivity index (χ2n) is 2.18. The Balaban J connectivity index is 2.86. The average molecular weight is 156 g/mol. The molecule has 0 spiro atoms. The van der Waals surface area contributed by atoms with E-state index in [9.17, 15) is 8.78 Å². The quantitative estimate of drug-likeness (QED) is 0.689. The van der Waals surface area contributed by atoms with Crippen LogP contribution in [0.3, 0.4) is 0 Å². The lowest BCUT2D eigenvalue weighted by atomic mass is 10.2. The predicted octanol–water partition coefficient (Wildman–Crippen LogP) is 1.85. The smallest absolute Gasteiger partial charge is 0.159 e. The zero-order chi connectivity index (χ0) is 8.27. The Morgan fingerprint density at radius 1 is 1.27 bits per heavy atom. The van der Waals surface area contributed by atoms with Crippen LogP contribution in [-0.4, -0.2) is 0 Å². The van der Waals surface area contributed by atoms with Gasteiger partial charge in [0.15, 0.2) is 11.6 Å². The fraction of sp³-hybridized carbons (Fsp3) is 0.125. The van der Waals surface area contributed by atoms with Gasteiger partial charge in [0.25, 0.3) is 0 Å². The number of benzene rings is 1. The summed E-state index contributed by atoms with van der Waals surface area (Å²) < 4.78 is 24.8. The number of hydrogen-bond donors (Lipinski definition) is 1. The lowest BCUT2D eigenvalue weighted by molar-refractivity contribution is 0.506. The van der Waals surface area contributed by atoms with Gasteiger partial charge in [-0.05, 0) is 17.7 Å². The zero-order valence-electron chi connectivity index (χ0n) is 5.90. The molecule has 0 saturated heterocycles. The molecule has 11 heavy (non-hydrogen) atoms. The maximum absolute atomic E-state index is 12.5. The molecular formula is C8H8F2N. The van der Waals surface area contributed by atoms with Crippen LogP contribution in [0.2, 0.25) is 0 Å². The van der Waals surface area contributed by atoms with Crippen LogP contribution in [0.1, 0.15) is 5.56 Å². The van der Waals surface area contributed by atoms with Crippen molar-refractivity contribution in [2.24, 2.45) is 0 Å². The lowest BCUT2D eigenvalue weighted by Crippen LogP contribution is -2.02. The molecule has 0 atom stereocenters. The first kappa shape index (κ1) is 8.14. The fourth-order valence-corrected chi connectivity index (χ4v) is 0.794. The minimum atomic E-state index is -0.822. The highest BCUT2D eigenvalue weighted by Crippen LogP contribution is 2.07. The van der Waals surface area contributed by atoms with Crippen LogP contribution in [0, 0.1) is 18.7 Å². The Kier molecular flexibility index (Phi) is 2.54. The molecule has 1 rings (SSSR count). The number of nitrogens with one attached hydrogen (secondary N) is 1. The van der Waals surface area contributed by atoms with Crippen molar-refractivity contribution in [2.75, 3.05) is 0 Å². The van der Waals surface area contributed by atoms with Crippen molar-refractivity contribution < 1.29 is 8.78 Å². The van der Waals surface area contributed by atoms with E-state index in [0.717, 1.165) is 12.1 Å². The van der Waals surface area contributed by atoms with Crippen molar-refractivity contribution in [1.82, 2.24) is 5.32 Å². The lowest BCUT2D eigenvalue weighted by Gasteiger charge is -1.99. The van der Waals surface area contributed by atoms with Crippen LogP contribution in [0.25, 0.3) is 0 Å². The molecule has 0 amide bonds. The van der Waals surface area contributed by atoms with Crippen molar-refractivity contribution in [2.45, 2.75) is 6.54 Å². The molecule has 1 nitrogen and oxygen atoms in total. The van der Waals surface area contributed by atoms with Gasteiger partial charge in [-0.3, -0.25) is 0 Å². The molecule has 0 heterocycles. The summed E-state index contributed by atoms with van der Waals surface area (Å²) in [5.74, 6) is -1.64. The van der Waals surface area contributed by atoms with Gasteiger partial charge in [0.05, 0.1) is 0 Å². The van der Waals surface area contributed by atoms with Gasteiger partial charge in [-0.2, -0.15) is 0 Å². The third kappa shape index (κ3) is 1.98. The van der Waals surface area contributed by atoms with Crippen LogP contribution in [0.15, 0.2) is 18.2 Å². The molecule has 0 aromatic heterocycles. The molecule has 0 fully saturated rings. The van der Waals surface area contributed by atoms with E-state index < -0.39 is 11.6 Å². The molecule has 3 heteroatoms. The number of rotatable bonds is 2. The van der Waals surface area contributed by atoms with Crippen molar-refractivity contribution in [3.63, 3.8) is 0 Å². The van der Waals surface area contributed by atoms with E-state index in [-0.39, 0.29) is 0 Å². The Hall–Kier alpha value is -0.960. The van der Waals surface area contributed by atoms with E-state index in [1.807, 2.05) is 0 Å². The third-order valence-corrected chi connectivity index (χ3v) is 1.31. The van der Waals surface area contributed by atoms with Gasteiger partial charge < -0.3 is 5.32 Å². The Morgan fingerprint density at radius 3 is 2.55 bits per heavy atom. The van der Waals surface area contributed by atoms with E-state index in [1.165, 1.54) is 6.07 Å². The monoisotopic (exact) mass is 156 g/mol. The maximum atomic E-state index is 12.5. The molecule has 0 aliphatic carbocycles. The highest BCUT2D eigenvalue weighted by Gasteiger charge is 2.00. The van der Waals surface area contributed by atoms with Gasteiger partial charge in [0.2, 0.25) is 0 Å². The van der Waals surface area contributed by atoms with Gasteiger partial charge in [0, 0.05) is 13.6 Å². The Labute approximate surface area is 64.0 Å². The van der Waals surface area contributed by atoms with Crippen LogP contribution in [0.5, 0.6) is 0 Å². The largest absolute Gasteiger partial charge is 0.311 e. The van der Waals surface area contributed by atoms with Gasteiger partial charge in [-0.15, -0.1) is 0 Å². The second kappa shape index (κ2) is 3.44. The Morgan fingerprint density at radius 2 is 2.00 bits per heavy atom. The van der Waals surface area contributed by atoms with Gasteiger partial charge in [0.1, 0.15) is 0 Å². The first-order chi connectivity index (χ1) is 5.24. The summed E-state index contributed by atoms with van der Waals surface area (Å²) in [6.45, 7) is 0.442. The van der Waals surface area contributed by atoms with Gasteiger partial charge in [-0.1, -0.05) is 6.07 Å². The van der Waals surface area contributed by atoms with E-state index in [2.05, 4.69) is 12.4 Å². The molecule has 59 valence electrons. The Bertz CT molecular complexity index is 248. The summed E-state index contributed by atoms with van der Waals surface area (Å²) in [6, 6.07) is 3.76. The van der Waals surface area contributed by atoms with Crippen molar-refractivity contribution in [3.05, 3.63) is 42.4 Å². The van der Waals surface area contributed by atoms with Crippen LogP contribution < -0.4 is 5.32 Å². The first-order valence-electron chi connectivity index (χ1n) is 3.18. The van der Waals surface area contributed by atoms with Crippen LogP contribution in [0.4, 0.5) is 8.78 Å². The SMILES string of the molecule is [CH2]NCc1ccc(F)c(F)c1. The molecule has 1 aromatic rings. The summed E-state index contributed by atoms with van der Waals surface area (Å²) in [4.78, 5) is 0. The summed E-state index contributed by atoms with van der Waals surface area (Å²) in [6.07, 6.45) is 0. The van der Waals surface area contributed by atoms with Crippen molar-refractivity contribution in [3.8, 4) is 0 Å². The molecular weight excluding hydrogens is 148 g/mol. The summed E-state index contributed by atoms with van der Waals surface area (Å²) in [7, 11) is 3.37. The van der Waals surface area contributed by atoms with E-state index in [1.54, 1.807) is 0 Å². The molecule has 0 aliphatic rings. The average Bonchev–Trinajstić information content (AvgIpc) is 1.98. The molecule has 1 N–H and O–H groups in total. The molecule has 0 aliphatic heterocycles. The normalized spacial score (nSPS) is 10.1. The minimum Gasteiger partial charge on any atom is -0.311 e. The van der Waals surface area contributed by atoms with Crippen LogP contribution >= 0.6 is 0 Å². The van der Waals surface area contributed by atoms with E-state index >= 15 is 0 Å². The zero-order valence-corrected chi connectivity index (χ0v) is 5.90. The van der Waals surface area contributed by atoms with Gasteiger partial charge in [-0.25, -0.2) is 8.78 Å². The number of hydrogen-bond acceptors (Lipinski definition) is 1. The fourth-order valence-electron chi connectivity index (χ4n) is 0.794. The standard InChI is InChI=1S/C8H8F2N/c1-11-5-6-2-3-7(9)8(10)4-6/h2-4,11H,1,5H2. The number of halogens is 2. The third-order valence-electron chi connectivity index (χ3n) is 1.31. The minimum absolute atomic E-state index is 0.442. The van der Waals surface area contributed by atoms with Crippen LogP contribution in [-0.2, 0) is 6.54 Å². The van der Waals surface area contributed by atoms with Gasteiger partial charge >= 0.3 is 0 Å². The molecule has 0 bridgehead atoms. The topological polar surface area (TPSA) is 12.0 Å².